The summed E-state index contributed by atoms with van der Waals surface area (Å²) >= 11 is 5.98. The van der Waals surface area contributed by atoms with Crippen molar-refractivity contribution in [1.82, 2.24) is 19.3 Å². The Morgan fingerprint density at radius 2 is 1.94 bits per heavy atom. The predicted molar refractivity (Wildman–Crippen MR) is 115 cm³/mol. The fourth-order valence-electron chi connectivity index (χ4n) is 4.32. The number of carbonyl (C=O) groups is 1. The minimum atomic E-state index is -4.55. The number of alkyl halides is 3. The zero-order chi connectivity index (χ0) is 23.2. The number of imidazole rings is 1. The maximum atomic E-state index is 13.4. The number of halogens is 4. The van der Waals surface area contributed by atoms with Crippen molar-refractivity contribution in [2.75, 3.05) is 5.32 Å². The highest BCUT2D eigenvalue weighted by Crippen LogP contribution is 2.38. The Bertz CT molecular complexity index is 1150. The lowest BCUT2D eigenvalue weighted by Gasteiger charge is -2.26. The summed E-state index contributed by atoms with van der Waals surface area (Å²) in [6.07, 6.45) is -1.82. The number of fused-ring (bicyclic) bond motifs is 1. The normalized spacial score (nSPS) is 16.3. The number of anilines is 1. The van der Waals surface area contributed by atoms with Crippen LogP contribution in [0.3, 0.4) is 0 Å². The molecule has 1 atom stereocenters. The molecule has 170 valence electrons. The van der Waals surface area contributed by atoms with Crippen molar-refractivity contribution in [2.45, 2.75) is 58.2 Å². The van der Waals surface area contributed by atoms with Crippen LogP contribution in [0.5, 0.6) is 0 Å². The summed E-state index contributed by atoms with van der Waals surface area (Å²) in [7, 11) is 0. The standard InChI is InChI=1S/C22H23ClF3N5O/c1-12(2)19-16(11-27-31(19)15-9-7-14(23)8-10-15)29-21(32)18-6-4-5-17-20(22(24,25)26)28-13(3)30(17)18/h7-12,18H,4-6H2,1-3H3,(H,29,32). The summed E-state index contributed by atoms with van der Waals surface area (Å²) < 4.78 is 43.4. The van der Waals surface area contributed by atoms with Crippen LogP contribution >= 0.6 is 11.6 Å². The van der Waals surface area contributed by atoms with E-state index < -0.39 is 17.9 Å². The monoisotopic (exact) mass is 465 g/mol. The zero-order valence-electron chi connectivity index (χ0n) is 17.9. The summed E-state index contributed by atoms with van der Waals surface area (Å²) in [5.41, 5.74) is 1.28. The molecule has 0 radical (unpaired) electrons. The minimum absolute atomic E-state index is 0.0252. The fraction of sp³-hybridized carbons (Fsp3) is 0.409. The quantitative estimate of drug-likeness (QED) is 0.538. The van der Waals surface area contributed by atoms with Gasteiger partial charge in [0, 0.05) is 5.02 Å². The number of hydrogen-bond acceptors (Lipinski definition) is 3. The maximum Gasteiger partial charge on any atom is 0.435 e. The molecule has 0 fully saturated rings. The Morgan fingerprint density at radius 3 is 2.56 bits per heavy atom. The zero-order valence-corrected chi connectivity index (χ0v) is 18.6. The number of nitrogens with zero attached hydrogens (tertiary/aromatic N) is 4. The van der Waals surface area contributed by atoms with Gasteiger partial charge in [0.15, 0.2) is 5.69 Å². The van der Waals surface area contributed by atoms with Crippen LogP contribution < -0.4 is 5.32 Å². The van der Waals surface area contributed by atoms with E-state index in [1.54, 1.807) is 23.0 Å². The summed E-state index contributed by atoms with van der Waals surface area (Å²) in [4.78, 5) is 16.9. The van der Waals surface area contributed by atoms with Crippen LogP contribution in [-0.2, 0) is 17.4 Å². The van der Waals surface area contributed by atoms with Gasteiger partial charge in [-0.2, -0.15) is 18.3 Å². The molecular weight excluding hydrogens is 443 g/mol. The van der Waals surface area contributed by atoms with E-state index in [1.807, 2.05) is 26.0 Å². The SMILES string of the molecule is Cc1nc(C(F)(F)F)c2n1C(C(=O)Nc1cnn(-c3ccc(Cl)cc3)c1C(C)C)CCC2. The molecule has 2 aromatic heterocycles. The van der Waals surface area contributed by atoms with Crippen molar-refractivity contribution < 1.29 is 18.0 Å². The molecule has 32 heavy (non-hydrogen) atoms. The van der Waals surface area contributed by atoms with Crippen LogP contribution in [-0.4, -0.2) is 25.2 Å². The highest BCUT2D eigenvalue weighted by atomic mass is 35.5. The van der Waals surface area contributed by atoms with Crippen LogP contribution in [0.25, 0.3) is 5.69 Å². The summed E-state index contributed by atoms with van der Waals surface area (Å²) in [6, 6.07) is 6.40. The minimum Gasteiger partial charge on any atom is -0.321 e. The predicted octanol–water partition coefficient (Wildman–Crippen LogP) is 5.69. The van der Waals surface area contributed by atoms with Crippen molar-refractivity contribution in [3.63, 3.8) is 0 Å². The second-order valence-corrected chi connectivity index (χ2v) is 8.64. The van der Waals surface area contributed by atoms with E-state index in [4.69, 9.17) is 11.6 Å². The first-order valence-corrected chi connectivity index (χ1v) is 10.7. The molecule has 0 saturated heterocycles. The molecule has 1 aliphatic heterocycles. The Morgan fingerprint density at radius 1 is 1.25 bits per heavy atom. The number of amides is 1. The van der Waals surface area contributed by atoms with E-state index in [0.717, 1.165) is 11.4 Å². The second-order valence-electron chi connectivity index (χ2n) is 8.21. The van der Waals surface area contributed by atoms with Crippen LogP contribution in [0.1, 0.15) is 61.6 Å². The topological polar surface area (TPSA) is 64.7 Å². The number of carbonyl (C=O) groups excluding carboxylic acids is 1. The average Bonchev–Trinajstić information content (AvgIpc) is 3.30. The lowest BCUT2D eigenvalue weighted by molar-refractivity contribution is -0.142. The molecule has 1 N–H and O–H groups in total. The van der Waals surface area contributed by atoms with Crippen molar-refractivity contribution in [1.29, 1.82) is 0 Å². The second kappa shape index (κ2) is 8.27. The number of nitrogens with one attached hydrogen (secondary N) is 1. The van der Waals surface area contributed by atoms with Gasteiger partial charge in [-0.3, -0.25) is 4.79 Å². The summed E-state index contributed by atoms with van der Waals surface area (Å²) in [6.45, 7) is 5.46. The van der Waals surface area contributed by atoms with Gasteiger partial charge in [-0.1, -0.05) is 25.4 Å². The fourth-order valence-corrected chi connectivity index (χ4v) is 4.45. The smallest absolute Gasteiger partial charge is 0.321 e. The number of aromatic nitrogens is 4. The molecule has 1 amide bonds. The van der Waals surface area contributed by atoms with Crippen LogP contribution in [0.15, 0.2) is 30.5 Å². The molecule has 0 aliphatic carbocycles. The Kier molecular flexibility index (Phi) is 5.79. The number of hydrogen-bond donors (Lipinski definition) is 1. The van der Waals surface area contributed by atoms with E-state index in [1.165, 1.54) is 11.5 Å². The van der Waals surface area contributed by atoms with Crippen molar-refractivity contribution >= 4 is 23.2 Å². The van der Waals surface area contributed by atoms with Crippen LogP contribution in [0.4, 0.5) is 18.9 Å². The average molecular weight is 466 g/mol. The molecule has 0 spiro atoms. The molecule has 0 bridgehead atoms. The first kappa shape index (κ1) is 22.4. The lowest BCUT2D eigenvalue weighted by Crippen LogP contribution is -2.31. The van der Waals surface area contributed by atoms with Gasteiger partial charge < -0.3 is 9.88 Å². The molecule has 0 saturated carbocycles. The third kappa shape index (κ3) is 4.01. The Labute approximate surface area is 188 Å². The number of benzene rings is 1. The number of aryl methyl sites for hydroxylation is 1. The molecule has 3 heterocycles. The van der Waals surface area contributed by atoms with Gasteiger partial charge in [-0.25, -0.2) is 9.67 Å². The van der Waals surface area contributed by atoms with Gasteiger partial charge in [0.2, 0.25) is 5.91 Å². The maximum absolute atomic E-state index is 13.4. The van der Waals surface area contributed by atoms with Crippen LogP contribution in [0, 0.1) is 6.92 Å². The van der Waals surface area contributed by atoms with E-state index in [0.29, 0.717) is 23.6 Å². The van der Waals surface area contributed by atoms with E-state index in [2.05, 4.69) is 15.4 Å². The van der Waals surface area contributed by atoms with Gasteiger partial charge in [0.1, 0.15) is 11.9 Å². The van der Waals surface area contributed by atoms with Gasteiger partial charge >= 0.3 is 6.18 Å². The molecule has 4 rings (SSSR count). The van der Waals surface area contributed by atoms with E-state index in [9.17, 15) is 18.0 Å². The third-order valence-corrected chi connectivity index (χ3v) is 5.89. The molecule has 6 nitrogen and oxygen atoms in total. The Hall–Kier alpha value is -2.81. The van der Waals surface area contributed by atoms with Gasteiger partial charge in [0.05, 0.1) is 29.0 Å². The van der Waals surface area contributed by atoms with Gasteiger partial charge in [-0.05, 0) is 56.4 Å². The third-order valence-electron chi connectivity index (χ3n) is 5.64. The molecule has 1 aliphatic rings. The van der Waals surface area contributed by atoms with Crippen LogP contribution in [0.2, 0.25) is 5.02 Å². The van der Waals surface area contributed by atoms with Gasteiger partial charge in [0.25, 0.3) is 0 Å². The first-order valence-electron chi connectivity index (χ1n) is 10.4. The molecule has 10 heteroatoms. The highest BCUT2D eigenvalue weighted by molar-refractivity contribution is 6.30. The summed E-state index contributed by atoms with van der Waals surface area (Å²) in [5, 5.41) is 7.93. The highest BCUT2D eigenvalue weighted by Gasteiger charge is 2.41. The number of rotatable bonds is 4. The molecule has 1 unspecified atom stereocenters. The van der Waals surface area contributed by atoms with Crippen molar-refractivity contribution in [2.24, 2.45) is 0 Å². The van der Waals surface area contributed by atoms with Crippen molar-refractivity contribution in [3.05, 3.63) is 58.4 Å². The van der Waals surface area contributed by atoms with E-state index in [-0.39, 0.29) is 29.8 Å². The largest absolute Gasteiger partial charge is 0.435 e. The van der Waals surface area contributed by atoms with Gasteiger partial charge in [-0.15, -0.1) is 0 Å². The molecule has 1 aromatic carbocycles. The molecular formula is C22H23ClF3N5O. The first-order chi connectivity index (χ1) is 15.1. The lowest BCUT2D eigenvalue weighted by atomic mass is 10.00. The van der Waals surface area contributed by atoms with Crippen molar-refractivity contribution in [3.8, 4) is 5.69 Å². The summed E-state index contributed by atoms with van der Waals surface area (Å²) in [5.74, 6) is -0.164. The van der Waals surface area contributed by atoms with E-state index >= 15 is 0 Å². The Balaban J connectivity index is 1.66. The molecule has 3 aromatic rings.